The number of allylic oxidation sites excluding steroid dienone is 1. The molecule has 0 aromatic heterocycles. The lowest BCUT2D eigenvalue weighted by Crippen LogP contribution is -1.86. The fraction of sp³-hybridized carbons (Fsp3) is 0. The molecule has 0 fully saturated rings. The van der Waals surface area contributed by atoms with Gasteiger partial charge in [0.15, 0.2) is 0 Å². The number of nitrogens with zero attached hydrogens (tertiary/aromatic N) is 1. The molecule has 94 valence electrons. The highest BCUT2D eigenvalue weighted by atomic mass is 79.9. The summed E-state index contributed by atoms with van der Waals surface area (Å²) in [5.41, 5.74) is 1.41. The molecule has 0 heterocycles. The van der Waals surface area contributed by atoms with Gasteiger partial charge in [-0.2, -0.15) is 5.26 Å². The van der Waals surface area contributed by atoms with E-state index in [1.54, 1.807) is 24.3 Å². The average Bonchev–Trinajstić information content (AvgIpc) is 2.42. The van der Waals surface area contributed by atoms with Crippen molar-refractivity contribution in [1.82, 2.24) is 0 Å². The Morgan fingerprint density at radius 3 is 2.53 bits per heavy atom. The van der Waals surface area contributed by atoms with Gasteiger partial charge < -0.3 is 0 Å². The molecule has 0 aliphatic heterocycles. The van der Waals surface area contributed by atoms with Gasteiger partial charge in [-0.3, -0.25) is 0 Å². The van der Waals surface area contributed by atoms with Crippen LogP contribution in [-0.4, -0.2) is 0 Å². The monoisotopic (exact) mass is 335 g/mol. The first-order chi connectivity index (χ1) is 9.11. The van der Waals surface area contributed by atoms with Crippen LogP contribution in [0.1, 0.15) is 11.1 Å². The van der Waals surface area contributed by atoms with Gasteiger partial charge in [-0.05, 0) is 29.8 Å². The SMILES string of the molecule is N#CC(=Cc1cccc(Cl)c1F)c1ccc(Br)cc1. The van der Waals surface area contributed by atoms with Crippen LogP contribution in [0.25, 0.3) is 11.6 Å². The number of hydrogen-bond donors (Lipinski definition) is 0. The van der Waals surface area contributed by atoms with Crippen LogP contribution in [0, 0.1) is 17.1 Å². The van der Waals surface area contributed by atoms with E-state index in [0.29, 0.717) is 11.1 Å². The Kier molecular flexibility index (Phi) is 4.36. The molecule has 0 amide bonds. The number of benzene rings is 2. The van der Waals surface area contributed by atoms with Gasteiger partial charge in [0.1, 0.15) is 5.82 Å². The van der Waals surface area contributed by atoms with E-state index in [9.17, 15) is 9.65 Å². The Morgan fingerprint density at radius 1 is 1.21 bits per heavy atom. The molecule has 0 saturated carbocycles. The second-order valence-corrected chi connectivity index (χ2v) is 5.14. The standard InChI is InChI=1S/C15H8BrClFN/c16-13-6-4-10(5-7-13)12(9-19)8-11-2-1-3-14(17)15(11)18/h1-8H. The molecule has 1 nitrogen and oxygen atoms in total. The Balaban J connectivity index is 2.48. The van der Waals surface area contributed by atoms with Gasteiger partial charge in [-0.15, -0.1) is 0 Å². The van der Waals surface area contributed by atoms with Crippen molar-refractivity contribution in [3.8, 4) is 6.07 Å². The number of halogens is 3. The normalized spacial score (nSPS) is 11.2. The van der Waals surface area contributed by atoms with Crippen LogP contribution >= 0.6 is 27.5 Å². The van der Waals surface area contributed by atoms with E-state index in [-0.39, 0.29) is 5.02 Å². The van der Waals surface area contributed by atoms with Crippen LogP contribution in [0.2, 0.25) is 5.02 Å². The van der Waals surface area contributed by atoms with Crippen LogP contribution in [0.5, 0.6) is 0 Å². The van der Waals surface area contributed by atoms with E-state index < -0.39 is 5.82 Å². The van der Waals surface area contributed by atoms with Crippen molar-refractivity contribution in [2.45, 2.75) is 0 Å². The van der Waals surface area contributed by atoms with Crippen LogP contribution in [0.15, 0.2) is 46.9 Å². The van der Waals surface area contributed by atoms with E-state index in [0.717, 1.165) is 10.0 Å². The fourth-order valence-corrected chi connectivity index (χ4v) is 2.04. The summed E-state index contributed by atoms with van der Waals surface area (Å²) in [7, 11) is 0. The average molecular weight is 337 g/mol. The minimum atomic E-state index is -0.519. The van der Waals surface area contributed by atoms with Crippen molar-refractivity contribution >= 4 is 39.2 Å². The summed E-state index contributed by atoms with van der Waals surface area (Å²) in [6.07, 6.45) is 1.49. The van der Waals surface area contributed by atoms with Gasteiger partial charge >= 0.3 is 0 Å². The first-order valence-electron chi connectivity index (χ1n) is 5.43. The first kappa shape index (κ1) is 13.8. The third kappa shape index (κ3) is 3.23. The van der Waals surface area contributed by atoms with Crippen LogP contribution in [-0.2, 0) is 0 Å². The summed E-state index contributed by atoms with van der Waals surface area (Å²) in [4.78, 5) is 0. The van der Waals surface area contributed by atoms with E-state index in [1.807, 2.05) is 12.1 Å². The molecule has 4 heteroatoms. The third-order valence-electron chi connectivity index (χ3n) is 2.56. The minimum absolute atomic E-state index is 0.0434. The lowest BCUT2D eigenvalue weighted by atomic mass is 10.0. The molecule has 0 spiro atoms. The van der Waals surface area contributed by atoms with Gasteiger partial charge in [0, 0.05) is 10.0 Å². The summed E-state index contributed by atoms with van der Waals surface area (Å²) in [6.45, 7) is 0. The Labute approximate surface area is 124 Å². The number of hydrogen-bond acceptors (Lipinski definition) is 1. The Bertz CT molecular complexity index is 672. The first-order valence-corrected chi connectivity index (χ1v) is 6.60. The molecule has 0 saturated heterocycles. The molecule has 0 bridgehead atoms. The molecule has 2 rings (SSSR count). The molecule has 2 aromatic rings. The van der Waals surface area contributed by atoms with Crippen molar-refractivity contribution in [2.75, 3.05) is 0 Å². The predicted molar refractivity (Wildman–Crippen MR) is 79.0 cm³/mol. The fourth-order valence-electron chi connectivity index (χ4n) is 1.60. The zero-order valence-corrected chi connectivity index (χ0v) is 12.0. The maximum absolute atomic E-state index is 13.8. The molecule has 0 N–H and O–H groups in total. The van der Waals surface area contributed by atoms with Crippen LogP contribution < -0.4 is 0 Å². The lowest BCUT2D eigenvalue weighted by molar-refractivity contribution is 0.625. The van der Waals surface area contributed by atoms with Crippen molar-refractivity contribution in [2.24, 2.45) is 0 Å². The lowest BCUT2D eigenvalue weighted by Gasteiger charge is -2.02. The number of nitriles is 1. The third-order valence-corrected chi connectivity index (χ3v) is 3.38. The summed E-state index contributed by atoms with van der Waals surface area (Å²) < 4.78 is 14.7. The Morgan fingerprint density at radius 2 is 1.89 bits per heavy atom. The summed E-state index contributed by atoms with van der Waals surface area (Å²) in [6, 6.07) is 14.0. The molecule has 2 aromatic carbocycles. The van der Waals surface area contributed by atoms with Crippen molar-refractivity contribution < 1.29 is 4.39 Å². The molecule has 0 aliphatic rings. The van der Waals surface area contributed by atoms with Crippen molar-refractivity contribution in [1.29, 1.82) is 5.26 Å². The van der Waals surface area contributed by atoms with E-state index in [4.69, 9.17) is 11.6 Å². The van der Waals surface area contributed by atoms with Crippen LogP contribution in [0.4, 0.5) is 4.39 Å². The summed E-state index contributed by atoms with van der Waals surface area (Å²) in [5.74, 6) is -0.519. The molecule has 0 aliphatic carbocycles. The molecule has 0 atom stereocenters. The summed E-state index contributed by atoms with van der Waals surface area (Å²) in [5, 5.41) is 9.23. The maximum atomic E-state index is 13.8. The van der Waals surface area contributed by atoms with E-state index in [1.165, 1.54) is 12.1 Å². The van der Waals surface area contributed by atoms with Gasteiger partial charge in [0.05, 0.1) is 16.7 Å². The second-order valence-electron chi connectivity index (χ2n) is 3.82. The van der Waals surface area contributed by atoms with Gasteiger partial charge in [-0.1, -0.05) is 51.8 Å². The topological polar surface area (TPSA) is 23.8 Å². The van der Waals surface area contributed by atoms with E-state index in [2.05, 4.69) is 22.0 Å². The van der Waals surface area contributed by atoms with Crippen LogP contribution in [0.3, 0.4) is 0 Å². The largest absolute Gasteiger partial charge is 0.205 e. The quantitative estimate of drug-likeness (QED) is 0.539. The zero-order chi connectivity index (χ0) is 13.8. The maximum Gasteiger partial charge on any atom is 0.149 e. The molecular formula is C15H8BrClFN. The van der Waals surface area contributed by atoms with Crippen molar-refractivity contribution in [3.63, 3.8) is 0 Å². The Hall–Kier alpha value is -1.63. The number of rotatable bonds is 2. The molecule has 0 radical (unpaired) electrons. The van der Waals surface area contributed by atoms with Gasteiger partial charge in [0.2, 0.25) is 0 Å². The second kappa shape index (κ2) is 6.01. The highest BCUT2D eigenvalue weighted by Gasteiger charge is 2.06. The smallest absolute Gasteiger partial charge is 0.149 e. The van der Waals surface area contributed by atoms with Crippen molar-refractivity contribution in [3.05, 3.63) is 68.9 Å². The minimum Gasteiger partial charge on any atom is -0.205 e. The van der Waals surface area contributed by atoms with E-state index >= 15 is 0 Å². The molecule has 19 heavy (non-hydrogen) atoms. The zero-order valence-electron chi connectivity index (χ0n) is 9.70. The molecule has 0 unspecified atom stereocenters. The highest BCUT2D eigenvalue weighted by molar-refractivity contribution is 9.10. The molecular weight excluding hydrogens is 329 g/mol. The highest BCUT2D eigenvalue weighted by Crippen LogP contribution is 2.24. The van der Waals surface area contributed by atoms with Gasteiger partial charge in [0.25, 0.3) is 0 Å². The van der Waals surface area contributed by atoms with Gasteiger partial charge in [-0.25, -0.2) is 4.39 Å². The summed E-state index contributed by atoms with van der Waals surface area (Å²) >= 11 is 9.04. The predicted octanol–water partition coefficient (Wildman–Crippen LogP) is 5.31.